The van der Waals surface area contributed by atoms with Gasteiger partial charge in [-0.05, 0) is 31.0 Å². The van der Waals surface area contributed by atoms with Gasteiger partial charge in [0.25, 0.3) is 0 Å². The topological polar surface area (TPSA) is 78.4 Å². The molecule has 0 aliphatic carbocycles. The van der Waals surface area contributed by atoms with E-state index in [1.807, 2.05) is 6.07 Å². The smallest absolute Gasteiger partial charge is 0.330 e. The van der Waals surface area contributed by atoms with E-state index in [0.29, 0.717) is 17.9 Å². The second-order valence-electron chi connectivity index (χ2n) is 4.81. The Morgan fingerprint density at radius 1 is 1.37 bits per heavy atom. The van der Waals surface area contributed by atoms with Crippen LogP contribution in [-0.2, 0) is 9.59 Å². The maximum atomic E-state index is 11.9. The van der Waals surface area contributed by atoms with Gasteiger partial charge in [0.05, 0.1) is 0 Å². The van der Waals surface area contributed by atoms with Gasteiger partial charge in [-0.1, -0.05) is 30.3 Å². The van der Waals surface area contributed by atoms with Gasteiger partial charge in [-0.25, -0.2) is 4.79 Å². The van der Waals surface area contributed by atoms with Gasteiger partial charge >= 0.3 is 5.97 Å². The number of hydrogen-bond donors (Lipinski definition) is 3. The highest BCUT2D eigenvalue weighted by Crippen LogP contribution is 2.16. The second kappa shape index (κ2) is 6.33. The maximum absolute atomic E-state index is 11.9. The van der Waals surface area contributed by atoms with E-state index in [2.05, 4.69) is 10.6 Å². The van der Waals surface area contributed by atoms with Crippen LogP contribution in [0.15, 0.2) is 30.3 Å². The van der Waals surface area contributed by atoms with Crippen LogP contribution in [0.2, 0.25) is 0 Å². The van der Waals surface area contributed by atoms with Crippen LogP contribution in [0.4, 0.5) is 0 Å². The SMILES string of the molecule is O=C(CC1CCNC1)NC(C(=O)O)c1ccccc1. The van der Waals surface area contributed by atoms with E-state index in [1.54, 1.807) is 24.3 Å². The molecular weight excluding hydrogens is 244 g/mol. The van der Waals surface area contributed by atoms with Crippen molar-refractivity contribution in [2.24, 2.45) is 5.92 Å². The highest BCUT2D eigenvalue weighted by atomic mass is 16.4. The molecule has 0 saturated carbocycles. The van der Waals surface area contributed by atoms with Crippen molar-refractivity contribution in [1.82, 2.24) is 10.6 Å². The summed E-state index contributed by atoms with van der Waals surface area (Å²) in [5.74, 6) is -0.931. The summed E-state index contributed by atoms with van der Waals surface area (Å²) in [5, 5.41) is 15.0. The van der Waals surface area contributed by atoms with Crippen molar-refractivity contribution < 1.29 is 14.7 Å². The number of nitrogens with one attached hydrogen (secondary N) is 2. The fourth-order valence-corrected chi connectivity index (χ4v) is 2.30. The molecule has 1 heterocycles. The van der Waals surface area contributed by atoms with Crippen LogP contribution in [0.5, 0.6) is 0 Å². The first-order valence-corrected chi connectivity index (χ1v) is 6.44. The number of carboxylic acid groups (broad SMARTS) is 1. The molecule has 2 unspecified atom stereocenters. The predicted molar refractivity (Wildman–Crippen MR) is 70.6 cm³/mol. The van der Waals surface area contributed by atoms with E-state index in [0.717, 1.165) is 19.5 Å². The molecule has 2 rings (SSSR count). The Bertz CT molecular complexity index is 441. The van der Waals surface area contributed by atoms with Crippen LogP contribution in [0.3, 0.4) is 0 Å². The van der Waals surface area contributed by atoms with Gasteiger partial charge in [0.1, 0.15) is 0 Å². The van der Waals surface area contributed by atoms with Gasteiger partial charge in [-0.15, -0.1) is 0 Å². The Morgan fingerprint density at radius 2 is 2.11 bits per heavy atom. The highest BCUT2D eigenvalue weighted by Gasteiger charge is 2.24. The number of carboxylic acids is 1. The molecule has 5 heteroatoms. The molecule has 102 valence electrons. The van der Waals surface area contributed by atoms with Gasteiger partial charge in [0.15, 0.2) is 6.04 Å². The number of aliphatic carboxylic acids is 1. The van der Waals surface area contributed by atoms with Crippen molar-refractivity contribution in [2.75, 3.05) is 13.1 Å². The Labute approximate surface area is 112 Å². The lowest BCUT2D eigenvalue weighted by atomic mass is 10.0. The van der Waals surface area contributed by atoms with Crippen molar-refractivity contribution in [2.45, 2.75) is 18.9 Å². The molecule has 1 aromatic rings. The minimum atomic E-state index is -1.04. The average molecular weight is 262 g/mol. The monoisotopic (exact) mass is 262 g/mol. The van der Waals surface area contributed by atoms with Crippen LogP contribution in [0, 0.1) is 5.92 Å². The molecule has 5 nitrogen and oxygen atoms in total. The Balaban J connectivity index is 1.97. The molecule has 0 spiro atoms. The van der Waals surface area contributed by atoms with Gasteiger partial charge in [0, 0.05) is 6.42 Å². The zero-order valence-electron chi connectivity index (χ0n) is 10.6. The van der Waals surface area contributed by atoms with E-state index in [1.165, 1.54) is 0 Å². The molecule has 1 saturated heterocycles. The number of rotatable bonds is 5. The molecule has 0 aromatic heterocycles. The summed E-state index contributed by atoms with van der Waals surface area (Å²) >= 11 is 0. The van der Waals surface area contributed by atoms with E-state index in [4.69, 9.17) is 0 Å². The molecule has 1 aromatic carbocycles. The molecule has 0 bridgehead atoms. The van der Waals surface area contributed by atoms with E-state index in [-0.39, 0.29) is 5.91 Å². The minimum absolute atomic E-state index is 0.204. The Hall–Kier alpha value is -1.88. The third-order valence-electron chi connectivity index (χ3n) is 3.32. The first-order valence-electron chi connectivity index (χ1n) is 6.44. The first kappa shape index (κ1) is 13.5. The molecule has 1 aliphatic rings. The summed E-state index contributed by atoms with van der Waals surface area (Å²) in [4.78, 5) is 23.1. The third-order valence-corrected chi connectivity index (χ3v) is 3.32. The second-order valence-corrected chi connectivity index (χ2v) is 4.81. The van der Waals surface area contributed by atoms with Crippen LogP contribution in [0.25, 0.3) is 0 Å². The van der Waals surface area contributed by atoms with Crippen molar-refractivity contribution >= 4 is 11.9 Å². The van der Waals surface area contributed by atoms with Gasteiger partial charge in [-0.3, -0.25) is 4.79 Å². The molecule has 0 radical (unpaired) electrons. The van der Waals surface area contributed by atoms with Crippen molar-refractivity contribution in [3.8, 4) is 0 Å². The van der Waals surface area contributed by atoms with Gasteiger partial charge in [-0.2, -0.15) is 0 Å². The van der Waals surface area contributed by atoms with Crippen LogP contribution >= 0.6 is 0 Å². The molecule has 3 N–H and O–H groups in total. The standard InChI is InChI=1S/C14H18N2O3/c17-12(8-10-6-7-15-9-10)16-13(14(18)19)11-4-2-1-3-5-11/h1-5,10,13,15H,6-9H2,(H,16,17)(H,18,19). The lowest BCUT2D eigenvalue weighted by Gasteiger charge is -2.16. The number of amides is 1. The fourth-order valence-electron chi connectivity index (χ4n) is 2.30. The zero-order chi connectivity index (χ0) is 13.7. The highest BCUT2D eigenvalue weighted by molar-refractivity contribution is 5.84. The number of benzene rings is 1. The normalized spacial score (nSPS) is 19.9. The summed E-state index contributed by atoms with van der Waals surface area (Å²) < 4.78 is 0. The first-order chi connectivity index (χ1) is 9.16. The minimum Gasteiger partial charge on any atom is -0.479 e. The van der Waals surface area contributed by atoms with Crippen molar-refractivity contribution in [1.29, 1.82) is 0 Å². The average Bonchev–Trinajstić information content (AvgIpc) is 2.89. The predicted octanol–water partition coefficient (Wildman–Crippen LogP) is 0.928. The summed E-state index contributed by atoms with van der Waals surface area (Å²) in [7, 11) is 0. The van der Waals surface area contributed by atoms with E-state index in [9.17, 15) is 14.7 Å². The summed E-state index contributed by atoms with van der Waals surface area (Å²) in [5.41, 5.74) is 0.591. The van der Waals surface area contributed by atoms with Gasteiger partial charge in [0.2, 0.25) is 5.91 Å². The molecule has 1 aliphatic heterocycles. The van der Waals surface area contributed by atoms with Crippen LogP contribution < -0.4 is 10.6 Å². The largest absolute Gasteiger partial charge is 0.479 e. The molecule has 1 fully saturated rings. The number of carbonyl (C=O) groups is 2. The quantitative estimate of drug-likeness (QED) is 0.737. The summed E-state index contributed by atoms with van der Waals surface area (Å²) in [6, 6.07) is 7.78. The zero-order valence-corrected chi connectivity index (χ0v) is 10.6. The lowest BCUT2D eigenvalue weighted by Crippen LogP contribution is -2.34. The number of carbonyl (C=O) groups excluding carboxylic acids is 1. The Morgan fingerprint density at radius 3 is 2.68 bits per heavy atom. The molecule has 19 heavy (non-hydrogen) atoms. The van der Waals surface area contributed by atoms with Crippen LogP contribution in [-0.4, -0.2) is 30.1 Å². The Kier molecular flexibility index (Phi) is 4.52. The van der Waals surface area contributed by atoms with Crippen LogP contribution in [0.1, 0.15) is 24.4 Å². The summed E-state index contributed by atoms with van der Waals surface area (Å²) in [6.45, 7) is 1.76. The van der Waals surface area contributed by atoms with E-state index >= 15 is 0 Å². The van der Waals surface area contributed by atoms with E-state index < -0.39 is 12.0 Å². The number of hydrogen-bond acceptors (Lipinski definition) is 3. The summed E-state index contributed by atoms with van der Waals surface area (Å²) in [6.07, 6.45) is 1.35. The lowest BCUT2D eigenvalue weighted by molar-refractivity contribution is -0.142. The third kappa shape index (κ3) is 3.79. The molecular formula is C14H18N2O3. The fraction of sp³-hybridized carbons (Fsp3) is 0.429. The molecule has 1 amide bonds. The van der Waals surface area contributed by atoms with Crippen molar-refractivity contribution in [3.63, 3.8) is 0 Å². The van der Waals surface area contributed by atoms with Crippen molar-refractivity contribution in [3.05, 3.63) is 35.9 Å². The van der Waals surface area contributed by atoms with Gasteiger partial charge < -0.3 is 15.7 Å². The maximum Gasteiger partial charge on any atom is 0.330 e. The molecule has 2 atom stereocenters.